The number of rotatable bonds is 4. The van der Waals surface area contributed by atoms with E-state index in [4.69, 9.17) is 28.3 Å². The van der Waals surface area contributed by atoms with Crippen LogP contribution in [-0.2, 0) is 10.2 Å². The van der Waals surface area contributed by atoms with Crippen LogP contribution in [0.4, 0.5) is 0 Å². The Morgan fingerprint density at radius 3 is 2.32 bits per heavy atom. The van der Waals surface area contributed by atoms with Crippen molar-refractivity contribution in [2.45, 2.75) is 26.2 Å². The molecule has 3 rings (SSSR count). The highest BCUT2D eigenvalue weighted by Gasteiger charge is 2.15. The first-order chi connectivity index (χ1) is 13.1. The highest BCUT2D eigenvalue weighted by atomic mass is 35.5. The van der Waals surface area contributed by atoms with Crippen LogP contribution < -0.4 is 0 Å². The Hall–Kier alpha value is -2.56. The highest BCUT2D eigenvalue weighted by Crippen LogP contribution is 2.31. The van der Waals surface area contributed by atoms with Gasteiger partial charge in [0.2, 0.25) is 0 Å². The van der Waals surface area contributed by atoms with E-state index in [1.807, 2.05) is 18.2 Å². The van der Waals surface area contributed by atoms with Crippen LogP contribution in [0.1, 0.15) is 31.9 Å². The Labute approximate surface area is 174 Å². The van der Waals surface area contributed by atoms with Crippen molar-refractivity contribution in [1.29, 1.82) is 0 Å². The predicted octanol–water partition coefficient (Wildman–Crippen LogP) is 6.24. The van der Waals surface area contributed by atoms with Crippen molar-refractivity contribution in [3.63, 3.8) is 0 Å². The van der Waals surface area contributed by atoms with Crippen LogP contribution >= 0.6 is 23.2 Å². The minimum atomic E-state index is -1.03. The molecule has 0 saturated carbocycles. The van der Waals surface area contributed by atoms with E-state index >= 15 is 0 Å². The number of carboxylic acid groups (broad SMARTS) is 1. The van der Waals surface area contributed by atoms with Crippen LogP contribution in [0.25, 0.3) is 23.0 Å². The van der Waals surface area contributed by atoms with Crippen LogP contribution in [0.3, 0.4) is 0 Å². The first kappa shape index (κ1) is 20.2. The highest BCUT2D eigenvalue weighted by molar-refractivity contribution is 6.42. The summed E-state index contributed by atoms with van der Waals surface area (Å²) in [5.41, 5.74) is 4.20. The molecule has 1 aromatic heterocycles. The first-order valence-electron chi connectivity index (χ1n) is 8.72. The third-order valence-corrected chi connectivity index (χ3v) is 5.08. The molecule has 0 radical (unpaired) electrons. The number of hydrogen-bond donors (Lipinski definition) is 1. The molecule has 2 aromatic carbocycles. The first-order valence-corrected chi connectivity index (χ1v) is 9.48. The van der Waals surface area contributed by atoms with Crippen LogP contribution in [0.2, 0.25) is 10.0 Å². The summed E-state index contributed by atoms with van der Waals surface area (Å²) in [6.45, 7) is 6.48. The lowest BCUT2D eigenvalue weighted by molar-refractivity contribution is -0.131. The predicted molar refractivity (Wildman–Crippen MR) is 114 cm³/mol. The molecule has 4 nitrogen and oxygen atoms in total. The molecule has 1 N–H and O–H groups in total. The number of aromatic nitrogens is 2. The van der Waals surface area contributed by atoms with Crippen LogP contribution in [0.5, 0.6) is 0 Å². The van der Waals surface area contributed by atoms with Crippen LogP contribution in [0.15, 0.2) is 54.7 Å². The van der Waals surface area contributed by atoms with Crippen molar-refractivity contribution in [2.24, 2.45) is 0 Å². The summed E-state index contributed by atoms with van der Waals surface area (Å²) < 4.78 is 1.73. The van der Waals surface area contributed by atoms with E-state index in [2.05, 4.69) is 38.0 Å². The molecule has 0 amide bonds. The molecule has 0 aliphatic carbocycles. The summed E-state index contributed by atoms with van der Waals surface area (Å²) >= 11 is 12.2. The molecule has 0 spiro atoms. The number of aliphatic carboxylic acids is 1. The van der Waals surface area contributed by atoms with Gasteiger partial charge in [-0.2, -0.15) is 5.10 Å². The van der Waals surface area contributed by atoms with Gasteiger partial charge in [0.25, 0.3) is 0 Å². The fourth-order valence-corrected chi connectivity index (χ4v) is 3.08. The SMILES string of the molecule is CC(C)(C)c1ccc(-n2cc(/C=C/C(=O)O)c(-c3ccc(Cl)c(Cl)c3)n2)cc1. The zero-order valence-corrected chi connectivity index (χ0v) is 17.3. The summed E-state index contributed by atoms with van der Waals surface area (Å²) in [5, 5.41) is 14.5. The van der Waals surface area contributed by atoms with E-state index in [-0.39, 0.29) is 5.41 Å². The lowest BCUT2D eigenvalue weighted by Gasteiger charge is -2.19. The Morgan fingerprint density at radius 2 is 1.75 bits per heavy atom. The van der Waals surface area contributed by atoms with Crippen molar-refractivity contribution in [2.75, 3.05) is 0 Å². The molecule has 0 saturated heterocycles. The Bertz CT molecular complexity index is 1050. The number of hydrogen-bond acceptors (Lipinski definition) is 2. The molecule has 28 heavy (non-hydrogen) atoms. The zero-order valence-electron chi connectivity index (χ0n) is 15.8. The van der Waals surface area contributed by atoms with Gasteiger partial charge in [0, 0.05) is 23.4 Å². The molecule has 3 aromatic rings. The topological polar surface area (TPSA) is 55.1 Å². The minimum absolute atomic E-state index is 0.0588. The van der Waals surface area contributed by atoms with Gasteiger partial charge in [0.05, 0.1) is 15.7 Å². The average molecular weight is 415 g/mol. The van der Waals surface area contributed by atoms with Crippen molar-refractivity contribution in [3.05, 3.63) is 75.9 Å². The van der Waals surface area contributed by atoms with E-state index < -0.39 is 5.97 Å². The van der Waals surface area contributed by atoms with Gasteiger partial charge in [-0.05, 0) is 41.3 Å². The van der Waals surface area contributed by atoms with Crippen molar-refractivity contribution in [3.8, 4) is 16.9 Å². The largest absolute Gasteiger partial charge is 0.478 e. The molecule has 0 bridgehead atoms. The van der Waals surface area contributed by atoms with Crippen molar-refractivity contribution < 1.29 is 9.90 Å². The molecular formula is C22H20Cl2N2O2. The lowest BCUT2D eigenvalue weighted by Crippen LogP contribution is -2.10. The van der Waals surface area contributed by atoms with Gasteiger partial charge < -0.3 is 5.11 Å². The number of benzene rings is 2. The molecule has 144 valence electrons. The quantitative estimate of drug-likeness (QED) is 0.513. The molecule has 0 aliphatic rings. The second-order valence-electron chi connectivity index (χ2n) is 7.47. The second-order valence-corrected chi connectivity index (χ2v) is 8.29. The van der Waals surface area contributed by atoms with E-state index in [1.165, 1.54) is 11.6 Å². The molecule has 0 unspecified atom stereocenters. The summed E-state index contributed by atoms with van der Waals surface area (Å²) in [5.74, 6) is -1.03. The molecule has 1 heterocycles. The van der Waals surface area contributed by atoms with Crippen molar-refractivity contribution >= 4 is 35.2 Å². The molecule has 0 aliphatic heterocycles. The summed E-state index contributed by atoms with van der Waals surface area (Å²) in [6, 6.07) is 13.4. The summed E-state index contributed by atoms with van der Waals surface area (Å²) in [6.07, 6.45) is 4.40. The van der Waals surface area contributed by atoms with E-state index in [1.54, 1.807) is 23.0 Å². The summed E-state index contributed by atoms with van der Waals surface area (Å²) in [7, 11) is 0. The number of nitrogens with zero attached hydrogens (tertiary/aromatic N) is 2. The van der Waals surface area contributed by atoms with Gasteiger partial charge in [-0.1, -0.05) is 62.2 Å². The monoisotopic (exact) mass is 414 g/mol. The van der Waals surface area contributed by atoms with Gasteiger partial charge in [0.15, 0.2) is 0 Å². The fourth-order valence-electron chi connectivity index (χ4n) is 2.78. The smallest absolute Gasteiger partial charge is 0.328 e. The third-order valence-electron chi connectivity index (χ3n) is 4.34. The maximum absolute atomic E-state index is 11.0. The standard InChI is InChI=1S/C22H20Cl2N2O2/c1-22(2,3)16-6-8-17(9-7-16)26-13-15(5-11-20(27)28)21(25-26)14-4-10-18(23)19(24)12-14/h4-13H,1-3H3,(H,27,28)/b11-5+. The maximum Gasteiger partial charge on any atom is 0.328 e. The fraction of sp³-hybridized carbons (Fsp3) is 0.182. The summed E-state index contributed by atoms with van der Waals surface area (Å²) in [4.78, 5) is 11.0. The van der Waals surface area contributed by atoms with Crippen LogP contribution in [0, 0.1) is 0 Å². The Balaban J connectivity index is 2.08. The third kappa shape index (κ3) is 4.46. The maximum atomic E-state index is 11.0. The minimum Gasteiger partial charge on any atom is -0.478 e. The van der Waals surface area contributed by atoms with Gasteiger partial charge in [0.1, 0.15) is 5.69 Å². The number of halogens is 2. The van der Waals surface area contributed by atoms with Crippen molar-refractivity contribution in [1.82, 2.24) is 9.78 Å². The molecule has 0 atom stereocenters. The molecule has 6 heteroatoms. The van der Waals surface area contributed by atoms with Gasteiger partial charge in [-0.15, -0.1) is 0 Å². The van der Waals surface area contributed by atoms with Crippen LogP contribution in [-0.4, -0.2) is 20.9 Å². The Kier molecular flexibility index (Phi) is 5.64. The van der Waals surface area contributed by atoms with E-state index in [0.717, 1.165) is 17.3 Å². The van der Waals surface area contributed by atoms with Gasteiger partial charge in [-0.25, -0.2) is 9.48 Å². The lowest BCUT2D eigenvalue weighted by atomic mass is 9.87. The Morgan fingerprint density at radius 1 is 1.07 bits per heavy atom. The average Bonchev–Trinajstić information content (AvgIpc) is 3.06. The van der Waals surface area contributed by atoms with Gasteiger partial charge in [-0.3, -0.25) is 0 Å². The molecular weight excluding hydrogens is 395 g/mol. The zero-order chi connectivity index (χ0) is 20.5. The molecule has 0 fully saturated rings. The second kappa shape index (κ2) is 7.82. The van der Waals surface area contributed by atoms with E-state index in [9.17, 15) is 4.79 Å². The van der Waals surface area contributed by atoms with E-state index in [0.29, 0.717) is 21.3 Å². The normalized spacial score (nSPS) is 11.9. The number of carboxylic acids is 1. The number of carbonyl (C=O) groups is 1. The van der Waals surface area contributed by atoms with Gasteiger partial charge >= 0.3 is 5.97 Å².